The van der Waals surface area contributed by atoms with Gasteiger partial charge in [-0.25, -0.2) is 0 Å². The predicted molar refractivity (Wildman–Crippen MR) is 180 cm³/mol. The van der Waals surface area contributed by atoms with E-state index in [0.29, 0.717) is 0 Å². The van der Waals surface area contributed by atoms with E-state index in [4.69, 9.17) is 0 Å². The number of hydrogen-bond donors (Lipinski definition) is 0. The molecule has 0 saturated heterocycles. The number of rotatable bonds is 8. The van der Waals surface area contributed by atoms with Gasteiger partial charge in [-0.05, 0) is 57.2 Å². The topological polar surface area (TPSA) is 0 Å². The molecule has 1 heteroatoms. The lowest BCUT2D eigenvalue weighted by Crippen LogP contribution is -2.64. The highest BCUT2D eigenvalue weighted by molar-refractivity contribution is 7.10. The normalized spacial score (nSPS) is 13.0. The molecule has 0 aliphatic rings. The van der Waals surface area contributed by atoms with Gasteiger partial charge >= 0.3 is 0 Å². The van der Waals surface area contributed by atoms with Crippen molar-refractivity contribution in [1.29, 1.82) is 0 Å². The molecule has 1 unspecified atom stereocenters. The fourth-order valence-corrected chi connectivity index (χ4v) is 8.64. The van der Waals surface area contributed by atoms with Gasteiger partial charge in [-0.15, -0.1) is 0 Å². The van der Waals surface area contributed by atoms with Crippen molar-refractivity contribution < 1.29 is 0 Å². The van der Waals surface area contributed by atoms with Crippen LogP contribution in [0.2, 0.25) is 6.55 Å². The average molecular weight is 533 g/mol. The van der Waals surface area contributed by atoms with Crippen LogP contribution >= 0.6 is 0 Å². The molecule has 5 aromatic carbocycles. The average Bonchev–Trinajstić information content (AvgIpc) is 3.00. The molecule has 0 aromatic heterocycles. The summed E-state index contributed by atoms with van der Waals surface area (Å²) >= 11 is 0. The molecule has 0 fully saturated rings. The van der Waals surface area contributed by atoms with E-state index in [1.807, 2.05) is 6.08 Å². The van der Waals surface area contributed by atoms with Crippen LogP contribution in [0.15, 0.2) is 128 Å². The highest BCUT2D eigenvalue weighted by atomic mass is 28.3. The first-order valence-corrected chi connectivity index (χ1v) is 16.4. The van der Waals surface area contributed by atoms with E-state index in [-0.39, 0.29) is 0 Å². The summed E-state index contributed by atoms with van der Waals surface area (Å²) in [4.78, 5) is 0. The van der Waals surface area contributed by atoms with Gasteiger partial charge in [-0.2, -0.15) is 0 Å². The van der Waals surface area contributed by atoms with Crippen molar-refractivity contribution in [2.45, 2.75) is 20.4 Å². The number of benzene rings is 5. The highest BCUT2D eigenvalue weighted by Gasteiger charge is 2.33. The zero-order valence-electron chi connectivity index (χ0n) is 23.6. The molecule has 0 amide bonds. The van der Waals surface area contributed by atoms with Gasteiger partial charge in [-0.3, -0.25) is 0 Å². The molecule has 1 atom stereocenters. The van der Waals surface area contributed by atoms with Crippen LogP contribution in [0, 0.1) is 13.8 Å². The largest absolute Gasteiger partial charge is 0.145 e. The maximum atomic E-state index is 3.84. The van der Waals surface area contributed by atoms with E-state index >= 15 is 0 Å². The fraction of sp³-hybridized carbons (Fsp3) is 0.0769. The minimum atomic E-state index is -2.20. The summed E-state index contributed by atoms with van der Waals surface area (Å²) in [7, 11) is -2.20. The molecule has 0 spiro atoms. The lowest BCUT2D eigenvalue weighted by Gasteiger charge is -2.30. The van der Waals surface area contributed by atoms with Crippen molar-refractivity contribution in [3.8, 4) is 0 Å². The van der Waals surface area contributed by atoms with Gasteiger partial charge in [0.05, 0.1) is 0 Å². The monoisotopic (exact) mass is 532 g/mol. The molecule has 0 bridgehead atoms. The van der Waals surface area contributed by atoms with Gasteiger partial charge in [0.2, 0.25) is 0 Å². The lowest BCUT2D eigenvalue weighted by atomic mass is 10.1. The Bertz CT molecular complexity index is 1630. The molecule has 0 aliphatic carbocycles. The maximum absolute atomic E-state index is 3.84. The van der Waals surface area contributed by atoms with E-state index in [9.17, 15) is 0 Å². The van der Waals surface area contributed by atoms with E-state index in [0.717, 1.165) is 5.56 Å². The van der Waals surface area contributed by atoms with Gasteiger partial charge in [0.1, 0.15) is 8.07 Å². The molecular weight excluding hydrogens is 497 g/mol. The second-order valence-electron chi connectivity index (χ2n) is 10.7. The molecule has 5 aromatic rings. The predicted octanol–water partition coefficient (Wildman–Crippen LogP) is 8.39. The van der Waals surface area contributed by atoms with Gasteiger partial charge in [0.25, 0.3) is 0 Å². The molecule has 196 valence electrons. The number of aryl methyl sites for hydroxylation is 2. The third kappa shape index (κ3) is 6.22. The van der Waals surface area contributed by atoms with E-state index < -0.39 is 8.07 Å². The molecule has 0 N–H and O–H groups in total. The Morgan fingerprint density at radius 2 is 0.850 bits per heavy atom. The smallest absolute Gasteiger partial charge is 0.0985 e. The Morgan fingerprint density at radius 3 is 1.30 bits per heavy atom. The SMILES string of the molecule is C=Cc1ccc(/C=C/c2ccc([Si](C)(c3ccc(C)cc3)c3ccc(/C=C/c4cccc(C)c4)cc3)cc2)cc1. The van der Waals surface area contributed by atoms with Crippen LogP contribution in [0.25, 0.3) is 30.4 Å². The Balaban J connectivity index is 1.44. The highest BCUT2D eigenvalue weighted by Crippen LogP contribution is 2.15. The zero-order chi connectivity index (χ0) is 28.0. The van der Waals surface area contributed by atoms with Crippen LogP contribution < -0.4 is 15.6 Å². The summed E-state index contributed by atoms with van der Waals surface area (Å²) in [6.07, 6.45) is 10.6. The summed E-state index contributed by atoms with van der Waals surface area (Å²) in [5.74, 6) is 0. The Kier molecular flexibility index (Phi) is 8.24. The first-order chi connectivity index (χ1) is 19.4. The van der Waals surface area contributed by atoms with Crippen molar-refractivity contribution in [3.63, 3.8) is 0 Å². The minimum absolute atomic E-state index is 1.14. The van der Waals surface area contributed by atoms with Crippen molar-refractivity contribution in [3.05, 3.63) is 167 Å². The van der Waals surface area contributed by atoms with Crippen LogP contribution in [0.3, 0.4) is 0 Å². The quantitative estimate of drug-likeness (QED) is 0.107. The lowest BCUT2D eigenvalue weighted by molar-refractivity contribution is 1.46. The molecule has 40 heavy (non-hydrogen) atoms. The maximum Gasteiger partial charge on any atom is 0.145 e. The molecule has 0 saturated carbocycles. The first kappa shape index (κ1) is 27.1. The second-order valence-corrected chi connectivity index (χ2v) is 14.7. The van der Waals surface area contributed by atoms with Crippen LogP contribution in [0.4, 0.5) is 0 Å². The van der Waals surface area contributed by atoms with E-state index in [1.54, 1.807) is 0 Å². The van der Waals surface area contributed by atoms with Gasteiger partial charge < -0.3 is 0 Å². The molecular formula is C39H36Si. The Morgan fingerprint density at radius 1 is 0.450 bits per heavy atom. The van der Waals surface area contributed by atoms with E-state index in [1.165, 1.54) is 48.9 Å². The third-order valence-electron chi connectivity index (χ3n) is 7.76. The number of hydrogen-bond acceptors (Lipinski definition) is 0. The van der Waals surface area contributed by atoms with Crippen LogP contribution in [0.1, 0.15) is 38.9 Å². The van der Waals surface area contributed by atoms with Gasteiger partial charge in [0.15, 0.2) is 0 Å². The molecule has 0 nitrogen and oxygen atoms in total. The fourth-order valence-electron chi connectivity index (χ4n) is 5.14. The summed E-state index contributed by atoms with van der Waals surface area (Å²) in [6, 6.07) is 44.6. The van der Waals surface area contributed by atoms with Gasteiger partial charge in [-0.1, -0.05) is 176 Å². The minimum Gasteiger partial charge on any atom is -0.0985 e. The van der Waals surface area contributed by atoms with Crippen molar-refractivity contribution in [1.82, 2.24) is 0 Å². The summed E-state index contributed by atoms with van der Waals surface area (Å²) in [6.45, 7) is 10.6. The molecule has 0 aliphatic heterocycles. The zero-order valence-corrected chi connectivity index (χ0v) is 24.6. The molecule has 0 heterocycles. The summed E-state index contributed by atoms with van der Waals surface area (Å²) < 4.78 is 0. The van der Waals surface area contributed by atoms with Crippen LogP contribution in [-0.2, 0) is 0 Å². The Hall–Kier alpha value is -4.46. The first-order valence-electron chi connectivity index (χ1n) is 13.9. The Labute approximate surface area is 240 Å². The molecule has 5 rings (SSSR count). The third-order valence-corrected chi connectivity index (χ3v) is 12.2. The van der Waals surface area contributed by atoms with E-state index in [2.05, 4.69) is 173 Å². The van der Waals surface area contributed by atoms with Crippen molar-refractivity contribution in [2.75, 3.05) is 0 Å². The second kappa shape index (κ2) is 12.2. The standard InChI is InChI=1S/C39H36Si/c1-5-32-11-13-33(14-12-32)15-16-34-19-25-38(26-20-34)40(4,37-23-9-30(2)10-24-37)39-27-21-35(22-28-39)17-18-36-8-6-7-31(3)29-36/h5-29H,1H2,2-4H3/b16-15+,18-17+. The van der Waals surface area contributed by atoms with Crippen molar-refractivity contribution in [2.24, 2.45) is 0 Å². The van der Waals surface area contributed by atoms with Crippen molar-refractivity contribution >= 4 is 54.0 Å². The van der Waals surface area contributed by atoms with Gasteiger partial charge in [0, 0.05) is 0 Å². The van der Waals surface area contributed by atoms with Crippen LogP contribution in [0.5, 0.6) is 0 Å². The summed E-state index contributed by atoms with van der Waals surface area (Å²) in [5.41, 5.74) is 8.54. The molecule has 0 radical (unpaired) electrons. The summed E-state index contributed by atoms with van der Waals surface area (Å²) in [5, 5.41) is 4.24. The van der Waals surface area contributed by atoms with Crippen LogP contribution in [-0.4, -0.2) is 8.07 Å².